The quantitative estimate of drug-likeness (QED) is 0.673. The molecule has 1 fully saturated rings. The Labute approximate surface area is 88.7 Å². The zero-order valence-corrected chi connectivity index (χ0v) is 10.9. The minimum atomic E-state index is -2.09. The SMILES string of the molecule is CO[Si](OC)(C1CCCCC1)N(C)C. The summed E-state index contributed by atoms with van der Waals surface area (Å²) in [6, 6.07) is 0. The monoisotopic (exact) mass is 217 g/mol. The molecule has 0 amide bonds. The molecule has 1 aliphatic rings. The minimum Gasteiger partial charge on any atom is -0.386 e. The zero-order chi connectivity index (χ0) is 10.6. The first-order valence-corrected chi connectivity index (χ1v) is 7.29. The lowest BCUT2D eigenvalue weighted by molar-refractivity contribution is 0.164. The van der Waals surface area contributed by atoms with E-state index in [0.29, 0.717) is 5.54 Å². The second-order valence-electron chi connectivity index (χ2n) is 4.27. The fourth-order valence-electron chi connectivity index (χ4n) is 2.61. The zero-order valence-electron chi connectivity index (χ0n) is 9.88. The summed E-state index contributed by atoms with van der Waals surface area (Å²) in [5, 5.41) is 0. The maximum Gasteiger partial charge on any atom is 0.430 e. The van der Waals surface area contributed by atoms with Gasteiger partial charge in [0.2, 0.25) is 0 Å². The van der Waals surface area contributed by atoms with Crippen LogP contribution in [0.2, 0.25) is 5.54 Å². The van der Waals surface area contributed by atoms with Gasteiger partial charge in [-0.15, -0.1) is 0 Å². The van der Waals surface area contributed by atoms with E-state index in [1.807, 2.05) is 0 Å². The standard InChI is InChI=1S/C10H23NO2Si/c1-11(2)14(12-3,13-4)10-8-6-5-7-9-10/h10H,5-9H2,1-4H3. The van der Waals surface area contributed by atoms with Gasteiger partial charge in [0.15, 0.2) is 0 Å². The van der Waals surface area contributed by atoms with Crippen LogP contribution in [0.5, 0.6) is 0 Å². The molecule has 0 spiro atoms. The van der Waals surface area contributed by atoms with E-state index < -0.39 is 8.72 Å². The van der Waals surface area contributed by atoms with Crippen molar-refractivity contribution in [3.05, 3.63) is 0 Å². The fourth-order valence-corrected chi connectivity index (χ4v) is 6.05. The van der Waals surface area contributed by atoms with Crippen molar-refractivity contribution in [2.24, 2.45) is 0 Å². The molecule has 0 saturated heterocycles. The minimum absolute atomic E-state index is 0.640. The van der Waals surface area contributed by atoms with E-state index in [0.717, 1.165) is 0 Å². The Bertz CT molecular complexity index is 166. The third-order valence-corrected chi connectivity index (χ3v) is 7.36. The maximum atomic E-state index is 5.73. The molecule has 3 nitrogen and oxygen atoms in total. The van der Waals surface area contributed by atoms with Gasteiger partial charge in [-0.3, -0.25) is 4.57 Å². The van der Waals surface area contributed by atoms with E-state index >= 15 is 0 Å². The predicted molar refractivity (Wildman–Crippen MR) is 60.3 cm³/mol. The lowest BCUT2D eigenvalue weighted by Crippen LogP contribution is -2.57. The van der Waals surface area contributed by atoms with Crippen molar-refractivity contribution >= 4 is 8.72 Å². The van der Waals surface area contributed by atoms with Gasteiger partial charge in [-0.1, -0.05) is 19.3 Å². The highest BCUT2D eigenvalue weighted by atomic mass is 28.4. The first-order chi connectivity index (χ1) is 6.67. The molecule has 0 radical (unpaired) electrons. The summed E-state index contributed by atoms with van der Waals surface area (Å²) < 4.78 is 13.6. The van der Waals surface area contributed by atoms with Crippen LogP contribution >= 0.6 is 0 Å². The van der Waals surface area contributed by atoms with Crippen molar-refractivity contribution in [1.29, 1.82) is 0 Å². The molecule has 84 valence electrons. The Hall–Kier alpha value is 0.0969. The number of nitrogens with zero attached hydrogens (tertiary/aromatic N) is 1. The average Bonchev–Trinajstić information content (AvgIpc) is 2.22. The second kappa shape index (κ2) is 5.26. The summed E-state index contributed by atoms with van der Waals surface area (Å²) in [7, 11) is 5.66. The molecular weight excluding hydrogens is 194 g/mol. The molecule has 4 heteroatoms. The number of rotatable bonds is 4. The maximum absolute atomic E-state index is 5.73. The van der Waals surface area contributed by atoms with Crippen molar-refractivity contribution in [2.45, 2.75) is 37.6 Å². The fraction of sp³-hybridized carbons (Fsp3) is 1.00. The van der Waals surface area contributed by atoms with Gasteiger partial charge < -0.3 is 8.85 Å². The molecule has 0 aromatic carbocycles. The largest absolute Gasteiger partial charge is 0.430 e. The van der Waals surface area contributed by atoms with Crippen molar-refractivity contribution in [1.82, 2.24) is 4.57 Å². The number of hydrogen-bond donors (Lipinski definition) is 0. The van der Waals surface area contributed by atoms with E-state index in [1.165, 1.54) is 32.1 Å². The third-order valence-electron chi connectivity index (χ3n) is 3.33. The summed E-state index contributed by atoms with van der Waals surface area (Å²) in [6.07, 6.45) is 6.58. The summed E-state index contributed by atoms with van der Waals surface area (Å²) in [5.41, 5.74) is 0.640. The Morgan fingerprint density at radius 3 is 1.86 bits per heavy atom. The van der Waals surface area contributed by atoms with Crippen molar-refractivity contribution < 1.29 is 8.85 Å². The van der Waals surface area contributed by atoms with Crippen LogP contribution in [0.15, 0.2) is 0 Å². The molecule has 0 bridgehead atoms. The molecule has 1 aliphatic carbocycles. The molecule has 1 saturated carbocycles. The van der Waals surface area contributed by atoms with Crippen LogP contribution in [0.1, 0.15) is 32.1 Å². The molecule has 0 aromatic rings. The topological polar surface area (TPSA) is 21.7 Å². The van der Waals surface area contributed by atoms with Crippen LogP contribution in [0, 0.1) is 0 Å². The summed E-state index contributed by atoms with van der Waals surface area (Å²) >= 11 is 0. The van der Waals surface area contributed by atoms with E-state index in [4.69, 9.17) is 8.85 Å². The average molecular weight is 217 g/mol. The highest BCUT2D eigenvalue weighted by Crippen LogP contribution is 2.38. The molecule has 0 unspecified atom stereocenters. The molecule has 0 atom stereocenters. The lowest BCUT2D eigenvalue weighted by atomic mass is 10.0. The first-order valence-electron chi connectivity index (χ1n) is 5.45. The molecule has 0 N–H and O–H groups in total. The van der Waals surface area contributed by atoms with Crippen molar-refractivity contribution in [2.75, 3.05) is 28.3 Å². The number of hydrogen-bond acceptors (Lipinski definition) is 3. The van der Waals surface area contributed by atoms with Crippen molar-refractivity contribution in [3.63, 3.8) is 0 Å². The Morgan fingerprint density at radius 2 is 1.50 bits per heavy atom. The van der Waals surface area contributed by atoms with Crippen LogP contribution in [0.3, 0.4) is 0 Å². The van der Waals surface area contributed by atoms with Gasteiger partial charge in [-0.05, 0) is 26.9 Å². The van der Waals surface area contributed by atoms with Gasteiger partial charge in [0.1, 0.15) is 0 Å². The van der Waals surface area contributed by atoms with Gasteiger partial charge in [-0.25, -0.2) is 0 Å². The Balaban J connectivity index is 2.73. The smallest absolute Gasteiger partial charge is 0.386 e. The molecule has 0 aromatic heterocycles. The normalized spacial score (nSPS) is 20.4. The van der Waals surface area contributed by atoms with E-state index in [-0.39, 0.29) is 0 Å². The van der Waals surface area contributed by atoms with Gasteiger partial charge in [0, 0.05) is 19.8 Å². The van der Waals surface area contributed by atoms with Crippen LogP contribution in [0.25, 0.3) is 0 Å². The highest BCUT2D eigenvalue weighted by Gasteiger charge is 2.47. The van der Waals surface area contributed by atoms with Crippen molar-refractivity contribution in [3.8, 4) is 0 Å². The molecular formula is C10H23NO2Si. The van der Waals surface area contributed by atoms with E-state index in [1.54, 1.807) is 14.2 Å². The summed E-state index contributed by atoms with van der Waals surface area (Å²) in [4.78, 5) is 0. The predicted octanol–water partition coefficient (Wildman–Crippen LogP) is 2.11. The van der Waals surface area contributed by atoms with E-state index in [2.05, 4.69) is 18.7 Å². The van der Waals surface area contributed by atoms with Crippen LogP contribution in [-0.4, -0.2) is 41.6 Å². The Morgan fingerprint density at radius 1 is 1.00 bits per heavy atom. The van der Waals surface area contributed by atoms with E-state index in [9.17, 15) is 0 Å². The van der Waals surface area contributed by atoms with Crippen LogP contribution < -0.4 is 0 Å². The van der Waals surface area contributed by atoms with Crippen LogP contribution in [0.4, 0.5) is 0 Å². The first kappa shape index (κ1) is 12.2. The molecule has 0 heterocycles. The third kappa shape index (κ3) is 2.19. The van der Waals surface area contributed by atoms with Gasteiger partial charge >= 0.3 is 8.72 Å². The molecule has 14 heavy (non-hydrogen) atoms. The lowest BCUT2D eigenvalue weighted by Gasteiger charge is -2.40. The summed E-state index contributed by atoms with van der Waals surface area (Å²) in [6.45, 7) is 0. The Kier molecular flexibility index (Phi) is 4.57. The van der Waals surface area contributed by atoms with Gasteiger partial charge in [0.25, 0.3) is 0 Å². The highest BCUT2D eigenvalue weighted by molar-refractivity contribution is 6.66. The summed E-state index contributed by atoms with van der Waals surface area (Å²) in [5.74, 6) is 0. The van der Waals surface area contributed by atoms with Gasteiger partial charge in [-0.2, -0.15) is 0 Å². The van der Waals surface area contributed by atoms with Crippen LogP contribution in [-0.2, 0) is 8.85 Å². The molecule has 0 aliphatic heterocycles. The molecule has 1 rings (SSSR count). The van der Waals surface area contributed by atoms with Gasteiger partial charge in [0.05, 0.1) is 0 Å². The second-order valence-corrected chi connectivity index (χ2v) is 8.06.